The van der Waals surface area contributed by atoms with Gasteiger partial charge >= 0.3 is 0 Å². The van der Waals surface area contributed by atoms with Crippen molar-refractivity contribution in [2.24, 2.45) is 22.5 Å². The van der Waals surface area contributed by atoms with Gasteiger partial charge in [-0.2, -0.15) is 0 Å². The Kier molecular flexibility index (Phi) is 1.45. The molecule has 0 saturated heterocycles. The summed E-state index contributed by atoms with van der Waals surface area (Å²) in [6, 6.07) is 0. The van der Waals surface area contributed by atoms with E-state index >= 15 is 0 Å². The molecule has 2 bridgehead atoms. The van der Waals surface area contributed by atoms with Crippen molar-refractivity contribution >= 4 is 5.78 Å². The molecule has 2 rings (SSSR count). The van der Waals surface area contributed by atoms with Crippen LogP contribution in [0.2, 0.25) is 0 Å². The third kappa shape index (κ3) is 0.634. The molecule has 2 saturated carbocycles. The molecule has 3 unspecified atom stereocenters. The van der Waals surface area contributed by atoms with Gasteiger partial charge in [-0.05, 0) is 30.7 Å². The molecule has 68 valence electrons. The molecule has 2 nitrogen and oxygen atoms in total. The third-order valence-corrected chi connectivity index (χ3v) is 4.63. The Bertz CT molecular complexity index is 238. The van der Waals surface area contributed by atoms with Crippen molar-refractivity contribution in [2.75, 3.05) is 6.54 Å². The quantitative estimate of drug-likeness (QED) is 0.640. The highest BCUT2D eigenvalue weighted by Crippen LogP contribution is 2.63. The molecule has 0 aromatic carbocycles. The van der Waals surface area contributed by atoms with E-state index in [1.165, 1.54) is 6.42 Å². The number of rotatable bonds is 1. The predicted molar refractivity (Wildman–Crippen MR) is 47.6 cm³/mol. The topological polar surface area (TPSA) is 43.1 Å². The van der Waals surface area contributed by atoms with Crippen molar-refractivity contribution in [3.63, 3.8) is 0 Å². The minimum absolute atomic E-state index is 0.0909. The van der Waals surface area contributed by atoms with E-state index in [-0.39, 0.29) is 10.8 Å². The summed E-state index contributed by atoms with van der Waals surface area (Å²) >= 11 is 0. The minimum Gasteiger partial charge on any atom is -0.330 e. The Balaban J connectivity index is 2.44. The summed E-state index contributed by atoms with van der Waals surface area (Å²) in [4.78, 5) is 11.7. The Morgan fingerprint density at radius 3 is 2.50 bits per heavy atom. The van der Waals surface area contributed by atoms with Crippen LogP contribution in [0, 0.1) is 16.7 Å². The molecule has 0 aromatic heterocycles. The van der Waals surface area contributed by atoms with Crippen molar-refractivity contribution in [3.8, 4) is 0 Å². The number of carbonyl (C=O) groups is 1. The molecule has 2 aliphatic carbocycles. The first-order valence-electron chi connectivity index (χ1n) is 4.78. The molecule has 0 aliphatic heterocycles. The lowest BCUT2D eigenvalue weighted by Crippen LogP contribution is -2.40. The van der Waals surface area contributed by atoms with Gasteiger partial charge in [0.25, 0.3) is 0 Å². The highest BCUT2D eigenvalue weighted by Gasteiger charge is 2.62. The monoisotopic (exact) mass is 167 g/mol. The maximum atomic E-state index is 11.7. The summed E-state index contributed by atoms with van der Waals surface area (Å²) in [6.07, 6.45) is 3.05. The lowest BCUT2D eigenvalue weighted by molar-refractivity contribution is -0.128. The molecule has 0 aromatic rings. The number of hydrogen-bond donors (Lipinski definition) is 1. The van der Waals surface area contributed by atoms with Gasteiger partial charge in [-0.1, -0.05) is 13.8 Å². The van der Waals surface area contributed by atoms with Crippen molar-refractivity contribution in [2.45, 2.75) is 33.1 Å². The minimum atomic E-state index is -0.0909. The van der Waals surface area contributed by atoms with Gasteiger partial charge in [0.2, 0.25) is 0 Å². The zero-order chi connectivity index (χ0) is 8.98. The number of fused-ring (bicyclic) bond motifs is 2. The molecule has 2 aliphatic rings. The molecule has 0 spiro atoms. The smallest absolute Gasteiger partial charge is 0.139 e. The summed E-state index contributed by atoms with van der Waals surface area (Å²) in [5.74, 6) is 1.02. The zero-order valence-corrected chi connectivity index (χ0v) is 7.89. The number of carbonyl (C=O) groups excluding carboxylic acids is 1. The second-order valence-corrected chi connectivity index (χ2v) is 4.82. The van der Waals surface area contributed by atoms with E-state index in [1.54, 1.807) is 0 Å². The van der Waals surface area contributed by atoms with Crippen LogP contribution in [0.1, 0.15) is 33.1 Å². The highest BCUT2D eigenvalue weighted by molar-refractivity contribution is 5.89. The second-order valence-electron chi connectivity index (χ2n) is 4.82. The van der Waals surface area contributed by atoms with Gasteiger partial charge in [0.15, 0.2) is 0 Å². The number of Topliss-reactive ketones (excluding diaryl/α,β-unsaturated/α-hetero) is 1. The molecule has 3 atom stereocenters. The zero-order valence-electron chi connectivity index (χ0n) is 7.89. The maximum absolute atomic E-state index is 11.7. The SMILES string of the molecule is CC12CCC(CC1=O)C2(C)CN. The van der Waals surface area contributed by atoms with E-state index in [2.05, 4.69) is 13.8 Å². The lowest BCUT2D eigenvalue weighted by atomic mass is 9.69. The molecule has 2 heteroatoms. The van der Waals surface area contributed by atoms with Crippen molar-refractivity contribution in [1.29, 1.82) is 0 Å². The number of ketones is 1. The van der Waals surface area contributed by atoms with Crippen LogP contribution in [-0.4, -0.2) is 12.3 Å². The van der Waals surface area contributed by atoms with Crippen molar-refractivity contribution in [1.82, 2.24) is 0 Å². The summed E-state index contributed by atoms with van der Waals surface area (Å²) in [5, 5.41) is 0. The van der Waals surface area contributed by atoms with E-state index in [4.69, 9.17) is 5.73 Å². The Morgan fingerprint density at radius 1 is 1.58 bits per heavy atom. The number of hydrogen-bond acceptors (Lipinski definition) is 2. The van der Waals surface area contributed by atoms with Gasteiger partial charge in [-0.3, -0.25) is 4.79 Å². The van der Waals surface area contributed by atoms with Crippen molar-refractivity contribution in [3.05, 3.63) is 0 Å². The summed E-state index contributed by atoms with van der Waals surface area (Å²) in [5.41, 5.74) is 5.79. The van der Waals surface area contributed by atoms with Gasteiger partial charge in [0, 0.05) is 11.8 Å². The third-order valence-electron chi connectivity index (χ3n) is 4.63. The van der Waals surface area contributed by atoms with Crippen LogP contribution in [0.25, 0.3) is 0 Å². The van der Waals surface area contributed by atoms with E-state index in [1.807, 2.05) is 0 Å². The highest BCUT2D eigenvalue weighted by atomic mass is 16.1. The summed E-state index contributed by atoms with van der Waals surface area (Å²) in [6.45, 7) is 4.96. The van der Waals surface area contributed by atoms with E-state index in [9.17, 15) is 4.79 Å². The fourth-order valence-electron chi connectivity index (χ4n) is 3.14. The van der Waals surface area contributed by atoms with Crippen LogP contribution < -0.4 is 5.73 Å². The van der Waals surface area contributed by atoms with Crippen LogP contribution in [0.15, 0.2) is 0 Å². The first-order valence-corrected chi connectivity index (χ1v) is 4.78. The lowest BCUT2D eigenvalue weighted by Gasteiger charge is -2.35. The maximum Gasteiger partial charge on any atom is 0.139 e. The van der Waals surface area contributed by atoms with Crippen LogP contribution in [0.4, 0.5) is 0 Å². The average Bonchev–Trinajstić information content (AvgIpc) is 2.39. The Hall–Kier alpha value is -0.370. The number of nitrogens with two attached hydrogens (primary N) is 1. The predicted octanol–water partition coefficient (Wildman–Crippen LogP) is 1.34. The van der Waals surface area contributed by atoms with E-state index < -0.39 is 0 Å². The summed E-state index contributed by atoms with van der Waals surface area (Å²) < 4.78 is 0. The van der Waals surface area contributed by atoms with Crippen LogP contribution in [0.3, 0.4) is 0 Å². The van der Waals surface area contributed by atoms with E-state index in [0.717, 1.165) is 12.8 Å². The average molecular weight is 167 g/mol. The van der Waals surface area contributed by atoms with Crippen LogP contribution in [-0.2, 0) is 4.79 Å². The molecule has 0 heterocycles. The second kappa shape index (κ2) is 2.11. The standard InChI is InChI=1S/C10H17NO/c1-9-4-3-7(5-8(9)12)10(9,2)6-11/h7H,3-6,11H2,1-2H3. The molecule has 2 fully saturated rings. The first kappa shape index (κ1) is 8.24. The molecular weight excluding hydrogens is 150 g/mol. The van der Waals surface area contributed by atoms with Gasteiger partial charge < -0.3 is 5.73 Å². The normalized spacial score (nSPS) is 51.9. The van der Waals surface area contributed by atoms with E-state index in [0.29, 0.717) is 18.2 Å². The van der Waals surface area contributed by atoms with Gasteiger partial charge in [-0.15, -0.1) is 0 Å². The fraction of sp³-hybridized carbons (Fsp3) is 0.900. The molecule has 12 heavy (non-hydrogen) atoms. The fourth-order valence-corrected chi connectivity index (χ4v) is 3.14. The largest absolute Gasteiger partial charge is 0.330 e. The van der Waals surface area contributed by atoms with Gasteiger partial charge in [0.1, 0.15) is 5.78 Å². The molecular formula is C10H17NO. The molecule has 0 amide bonds. The molecule has 2 N–H and O–H groups in total. The van der Waals surface area contributed by atoms with Gasteiger partial charge in [-0.25, -0.2) is 0 Å². The van der Waals surface area contributed by atoms with Crippen LogP contribution >= 0.6 is 0 Å². The summed E-state index contributed by atoms with van der Waals surface area (Å²) in [7, 11) is 0. The Morgan fingerprint density at radius 2 is 2.25 bits per heavy atom. The first-order chi connectivity index (χ1) is 5.54. The Labute approximate surface area is 73.5 Å². The van der Waals surface area contributed by atoms with Gasteiger partial charge in [0.05, 0.1) is 0 Å². The van der Waals surface area contributed by atoms with Crippen LogP contribution in [0.5, 0.6) is 0 Å². The van der Waals surface area contributed by atoms with Crippen molar-refractivity contribution < 1.29 is 4.79 Å². The molecule has 0 radical (unpaired) electrons.